The van der Waals surface area contributed by atoms with Gasteiger partial charge in [-0.1, -0.05) is 6.07 Å². The summed E-state index contributed by atoms with van der Waals surface area (Å²) in [5, 5.41) is 17.2. The van der Waals surface area contributed by atoms with Crippen LogP contribution in [0.5, 0.6) is 0 Å². The quantitative estimate of drug-likeness (QED) is 0.469. The molecule has 3 aromatic rings. The van der Waals surface area contributed by atoms with Crippen molar-refractivity contribution in [1.82, 2.24) is 20.3 Å². The number of hydrogen-bond acceptors (Lipinski definition) is 5. The summed E-state index contributed by atoms with van der Waals surface area (Å²) in [7, 11) is 0. The first-order valence-electron chi connectivity index (χ1n) is 9.12. The SMILES string of the molecule is CC1(C)CC[C@H](Nc2ncc(Br)c(-c3c[nH]c4c(Br)c(C#N)ccc34)n2)CN1. The molecule has 1 fully saturated rings. The van der Waals surface area contributed by atoms with Crippen LogP contribution in [0, 0.1) is 11.3 Å². The van der Waals surface area contributed by atoms with Crippen molar-refractivity contribution in [3.63, 3.8) is 0 Å². The largest absolute Gasteiger partial charge is 0.360 e. The van der Waals surface area contributed by atoms with Crippen molar-refractivity contribution >= 4 is 48.7 Å². The first-order valence-corrected chi connectivity index (χ1v) is 10.7. The lowest BCUT2D eigenvalue weighted by molar-refractivity contribution is 0.289. The van der Waals surface area contributed by atoms with Crippen LogP contribution in [0.4, 0.5) is 5.95 Å². The third-order valence-corrected chi connectivity index (χ3v) is 6.59. The van der Waals surface area contributed by atoms with E-state index in [1.807, 2.05) is 18.3 Å². The van der Waals surface area contributed by atoms with Gasteiger partial charge in [0.05, 0.1) is 25.7 Å². The number of nitrogens with one attached hydrogen (secondary N) is 3. The predicted octanol–water partition coefficient (Wildman–Crippen LogP) is 4.96. The molecule has 2 aromatic heterocycles. The van der Waals surface area contributed by atoms with Gasteiger partial charge < -0.3 is 15.6 Å². The Kier molecular flexibility index (Phi) is 5.17. The number of fused-ring (bicyclic) bond motifs is 1. The number of piperidine rings is 1. The summed E-state index contributed by atoms with van der Waals surface area (Å²) < 4.78 is 1.58. The van der Waals surface area contributed by atoms with E-state index in [2.05, 4.69) is 72.4 Å². The first kappa shape index (κ1) is 19.4. The Morgan fingerprint density at radius 2 is 2.14 bits per heavy atom. The molecule has 1 aliphatic heterocycles. The molecule has 0 bridgehead atoms. The number of hydrogen-bond donors (Lipinski definition) is 3. The fourth-order valence-corrected chi connectivity index (χ4v) is 4.46. The van der Waals surface area contributed by atoms with Crippen LogP contribution >= 0.6 is 31.9 Å². The monoisotopic (exact) mass is 502 g/mol. The number of aromatic amines is 1. The molecule has 3 heterocycles. The Labute approximate surface area is 180 Å². The number of halogens is 2. The van der Waals surface area contributed by atoms with E-state index >= 15 is 0 Å². The summed E-state index contributed by atoms with van der Waals surface area (Å²) in [5.41, 5.74) is 3.43. The van der Waals surface area contributed by atoms with Crippen LogP contribution in [0.15, 0.2) is 33.5 Å². The average Bonchev–Trinajstić information content (AvgIpc) is 3.10. The Morgan fingerprint density at radius 3 is 2.86 bits per heavy atom. The molecule has 1 atom stereocenters. The summed E-state index contributed by atoms with van der Waals surface area (Å²) in [4.78, 5) is 12.5. The van der Waals surface area contributed by atoms with Gasteiger partial charge in [0.15, 0.2) is 0 Å². The predicted molar refractivity (Wildman–Crippen MR) is 118 cm³/mol. The van der Waals surface area contributed by atoms with Gasteiger partial charge in [-0.3, -0.25) is 0 Å². The lowest BCUT2D eigenvalue weighted by Gasteiger charge is -2.36. The molecule has 1 aromatic carbocycles. The molecule has 0 aliphatic carbocycles. The molecule has 0 amide bonds. The Bertz CT molecular complexity index is 1070. The summed E-state index contributed by atoms with van der Waals surface area (Å²) in [5.74, 6) is 0.617. The van der Waals surface area contributed by atoms with Gasteiger partial charge in [-0.2, -0.15) is 5.26 Å². The number of anilines is 1. The summed E-state index contributed by atoms with van der Waals surface area (Å²) in [6.07, 6.45) is 5.87. The summed E-state index contributed by atoms with van der Waals surface area (Å²) in [6, 6.07) is 6.25. The van der Waals surface area contributed by atoms with Crippen molar-refractivity contribution in [3.05, 3.63) is 39.0 Å². The van der Waals surface area contributed by atoms with Crippen LogP contribution in [-0.2, 0) is 0 Å². The molecular formula is C20H20Br2N6. The second kappa shape index (κ2) is 7.47. The molecule has 1 saturated heterocycles. The van der Waals surface area contributed by atoms with Crippen LogP contribution in [0.2, 0.25) is 0 Å². The highest BCUT2D eigenvalue weighted by molar-refractivity contribution is 9.11. The molecule has 8 heteroatoms. The van der Waals surface area contributed by atoms with Gasteiger partial charge in [-0.05, 0) is 64.6 Å². The molecule has 4 rings (SSSR count). The van der Waals surface area contributed by atoms with Crippen LogP contribution in [-0.4, -0.2) is 33.1 Å². The van der Waals surface area contributed by atoms with Gasteiger partial charge in [0.1, 0.15) is 6.07 Å². The minimum Gasteiger partial charge on any atom is -0.360 e. The highest BCUT2D eigenvalue weighted by Gasteiger charge is 2.26. The number of rotatable bonds is 3. The van der Waals surface area contributed by atoms with E-state index in [-0.39, 0.29) is 5.54 Å². The van der Waals surface area contributed by atoms with Crippen molar-refractivity contribution in [2.24, 2.45) is 0 Å². The molecule has 6 nitrogen and oxygen atoms in total. The first-order chi connectivity index (χ1) is 13.4. The van der Waals surface area contributed by atoms with Gasteiger partial charge in [-0.25, -0.2) is 9.97 Å². The zero-order valence-electron chi connectivity index (χ0n) is 15.6. The highest BCUT2D eigenvalue weighted by Crippen LogP contribution is 2.36. The van der Waals surface area contributed by atoms with E-state index in [9.17, 15) is 5.26 Å². The van der Waals surface area contributed by atoms with Crippen molar-refractivity contribution in [2.45, 2.75) is 38.3 Å². The number of nitrogens with zero attached hydrogens (tertiary/aromatic N) is 3. The molecule has 0 spiro atoms. The summed E-state index contributed by atoms with van der Waals surface area (Å²) >= 11 is 7.10. The Hall–Kier alpha value is -1.95. The van der Waals surface area contributed by atoms with E-state index in [4.69, 9.17) is 4.98 Å². The molecule has 144 valence electrons. The second-order valence-electron chi connectivity index (χ2n) is 7.70. The van der Waals surface area contributed by atoms with E-state index in [0.717, 1.165) is 50.5 Å². The van der Waals surface area contributed by atoms with Crippen LogP contribution in [0.1, 0.15) is 32.3 Å². The van der Waals surface area contributed by atoms with E-state index in [1.165, 1.54) is 0 Å². The second-order valence-corrected chi connectivity index (χ2v) is 9.35. The van der Waals surface area contributed by atoms with Crippen molar-refractivity contribution in [2.75, 3.05) is 11.9 Å². The topological polar surface area (TPSA) is 89.4 Å². The normalized spacial score (nSPS) is 18.8. The highest BCUT2D eigenvalue weighted by atomic mass is 79.9. The smallest absolute Gasteiger partial charge is 0.223 e. The number of H-pyrrole nitrogens is 1. The molecule has 0 radical (unpaired) electrons. The Balaban J connectivity index is 1.66. The summed E-state index contributed by atoms with van der Waals surface area (Å²) in [6.45, 7) is 5.34. The van der Waals surface area contributed by atoms with Crippen molar-refractivity contribution < 1.29 is 0 Å². The van der Waals surface area contributed by atoms with Gasteiger partial charge in [0.25, 0.3) is 0 Å². The van der Waals surface area contributed by atoms with Gasteiger partial charge in [-0.15, -0.1) is 0 Å². The van der Waals surface area contributed by atoms with Gasteiger partial charge >= 0.3 is 0 Å². The molecule has 1 aliphatic rings. The van der Waals surface area contributed by atoms with Gasteiger partial charge in [0, 0.05) is 41.5 Å². The third-order valence-electron chi connectivity index (χ3n) is 5.19. The zero-order chi connectivity index (χ0) is 19.9. The average molecular weight is 504 g/mol. The molecule has 28 heavy (non-hydrogen) atoms. The maximum Gasteiger partial charge on any atom is 0.223 e. The number of benzene rings is 1. The third kappa shape index (κ3) is 3.66. The van der Waals surface area contributed by atoms with Gasteiger partial charge in [0.2, 0.25) is 5.95 Å². The van der Waals surface area contributed by atoms with Crippen molar-refractivity contribution in [3.8, 4) is 17.3 Å². The maximum absolute atomic E-state index is 9.23. The maximum atomic E-state index is 9.23. The Morgan fingerprint density at radius 1 is 1.32 bits per heavy atom. The van der Waals surface area contributed by atoms with Crippen LogP contribution in [0.25, 0.3) is 22.2 Å². The molecule has 0 saturated carbocycles. The molecular weight excluding hydrogens is 484 g/mol. The number of nitriles is 1. The lowest BCUT2D eigenvalue weighted by atomic mass is 9.91. The molecule has 3 N–H and O–H groups in total. The minimum atomic E-state index is 0.184. The van der Waals surface area contributed by atoms with E-state index < -0.39 is 0 Å². The van der Waals surface area contributed by atoms with E-state index in [0.29, 0.717) is 17.6 Å². The standard InChI is InChI=1S/C20H20Br2N6/c1-20(2)6-5-12(8-26-20)27-19-25-10-15(21)17(28-19)14-9-24-18-13(14)4-3-11(7-23)16(18)22/h3-4,9-10,12,24,26H,5-6,8H2,1-2H3,(H,25,27,28)/t12-/m0/s1. The lowest BCUT2D eigenvalue weighted by Crippen LogP contribution is -2.50. The minimum absolute atomic E-state index is 0.184. The van der Waals surface area contributed by atoms with E-state index in [1.54, 1.807) is 6.20 Å². The number of aromatic nitrogens is 3. The van der Waals surface area contributed by atoms with Crippen LogP contribution < -0.4 is 10.6 Å². The fraction of sp³-hybridized carbons (Fsp3) is 0.350. The van der Waals surface area contributed by atoms with Crippen LogP contribution in [0.3, 0.4) is 0 Å². The fourth-order valence-electron chi connectivity index (χ4n) is 3.50. The molecule has 0 unspecified atom stereocenters. The zero-order valence-corrected chi connectivity index (χ0v) is 18.8. The van der Waals surface area contributed by atoms with Crippen molar-refractivity contribution in [1.29, 1.82) is 5.26 Å².